The van der Waals surface area contributed by atoms with E-state index in [2.05, 4.69) is 52.2 Å². The van der Waals surface area contributed by atoms with Gasteiger partial charge in [0.05, 0.1) is 0 Å². The molecule has 2 aliphatic carbocycles. The maximum Gasteiger partial charge on any atom is 0.286 e. The normalized spacial score (nSPS) is 32.6. The summed E-state index contributed by atoms with van der Waals surface area (Å²) >= 11 is 2.30. The molecule has 1 aliphatic heterocycles. The summed E-state index contributed by atoms with van der Waals surface area (Å²) in [5.74, 6) is 1.72. The van der Waals surface area contributed by atoms with Gasteiger partial charge in [-0.25, -0.2) is 0 Å². The number of amides is 1. The van der Waals surface area contributed by atoms with Crippen LogP contribution in [-0.4, -0.2) is 36.6 Å². The van der Waals surface area contributed by atoms with Crippen molar-refractivity contribution in [2.45, 2.75) is 63.7 Å². The number of hydrogen-bond acceptors (Lipinski definition) is 4. The summed E-state index contributed by atoms with van der Waals surface area (Å²) in [5.41, 5.74) is 1.15. The zero-order chi connectivity index (χ0) is 21.1. The fourth-order valence-corrected chi connectivity index (χ4v) is 5.85. The van der Waals surface area contributed by atoms with Gasteiger partial charge in [-0.3, -0.25) is 4.79 Å². The van der Waals surface area contributed by atoms with E-state index in [0.717, 1.165) is 24.3 Å². The second-order valence-electron chi connectivity index (χ2n) is 8.83. The molecule has 2 fully saturated rings. The average molecular weight is 525 g/mol. The first kappa shape index (κ1) is 22.1. The van der Waals surface area contributed by atoms with Crippen LogP contribution in [0.2, 0.25) is 0 Å². The van der Waals surface area contributed by atoms with Crippen LogP contribution in [0.3, 0.4) is 0 Å². The first-order valence-electron chi connectivity index (χ1n) is 11.3. The highest BCUT2D eigenvalue weighted by Crippen LogP contribution is 2.45. The number of carbonyl (C=O) groups excluding carboxylic acids is 1. The third-order valence-corrected chi connectivity index (χ3v) is 7.66. The number of fused-ring (bicyclic) bond motifs is 2. The van der Waals surface area contributed by atoms with Crippen molar-refractivity contribution in [3.8, 4) is 0 Å². The molecule has 3 aliphatic rings. The highest BCUT2D eigenvalue weighted by molar-refractivity contribution is 14.1. The smallest absolute Gasteiger partial charge is 0.286 e. The van der Waals surface area contributed by atoms with E-state index >= 15 is 0 Å². The largest absolute Gasteiger partial charge is 0.459 e. The van der Waals surface area contributed by atoms with Crippen LogP contribution in [0.25, 0.3) is 0 Å². The molecule has 0 saturated heterocycles. The van der Waals surface area contributed by atoms with Crippen molar-refractivity contribution in [2.24, 2.45) is 17.8 Å². The number of nitrogens with one attached hydrogen (secondary N) is 1. The van der Waals surface area contributed by atoms with Crippen molar-refractivity contribution in [2.75, 3.05) is 13.2 Å². The predicted octanol–water partition coefficient (Wildman–Crippen LogP) is 4.35. The lowest BCUT2D eigenvalue weighted by atomic mass is 9.80. The van der Waals surface area contributed by atoms with E-state index in [4.69, 9.17) is 9.47 Å². The molecule has 6 heteroatoms. The van der Waals surface area contributed by atoms with E-state index in [1.807, 2.05) is 13.0 Å². The molecule has 0 spiro atoms. The fraction of sp³-hybridized carbons (Fsp3) is 0.625. The quantitative estimate of drug-likeness (QED) is 0.496. The van der Waals surface area contributed by atoms with Crippen LogP contribution in [0.5, 0.6) is 0 Å². The Balaban J connectivity index is 1.58. The van der Waals surface area contributed by atoms with Gasteiger partial charge in [0.2, 0.25) is 6.29 Å². The highest BCUT2D eigenvalue weighted by atomic mass is 127. The Labute approximate surface area is 192 Å². The maximum atomic E-state index is 13.1. The molecule has 2 saturated carbocycles. The summed E-state index contributed by atoms with van der Waals surface area (Å²) in [4.78, 5) is 13.1. The van der Waals surface area contributed by atoms with Gasteiger partial charge < -0.3 is 19.9 Å². The van der Waals surface area contributed by atoms with E-state index < -0.39 is 6.29 Å². The van der Waals surface area contributed by atoms with Gasteiger partial charge >= 0.3 is 0 Å². The second-order valence-corrected chi connectivity index (χ2v) is 10.1. The van der Waals surface area contributed by atoms with Crippen molar-refractivity contribution in [1.29, 1.82) is 0 Å². The summed E-state index contributed by atoms with van der Waals surface area (Å²) in [5, 5.41) is 12.6. The van der Waals surface area contributed by atoms with Gasteiger partial charge in [0.15, 0.2) is 5.76 Å². The number of carbonyl (C=O) groups is 1. The van der Waals surface area contributed by atoms with Crippen LogP contribution in [0.4, 0.5) is 0 Å². The van der Waals surface area contributed by atoms with Gasteiger partial charge in [0.25, 0.3) is 5.91 Å². The molecule has 6 atom stereocenters. The van der Waals surface area contributed by atoms with Gasteiger partial charge in [-0.2, -0.15) is 0 Å². The van der Waals surface area contributed by atoms with Crippen molar-refractivity contribution < 1.29 is 19.4 Å². The van der Waals surface area contributed by atoms with Crippen LogP contribution < -0.4 is 5.32 Å². The summed E-state index contributed by atoms with van der Waals surface area (Å²) in [6, 6.07) is 8.69. The van der Waals surface area contributed by atoms with Crippen LogP contribution in [0.15, 0.2) is 36.1 Å². The molecule has 1 heterocycles. The molecule has 0 radical (unpaired) electrons. The molecular weight excluding hydrogens is 493 g/mol. The molecule has 5 nitrogen and oxygen atoms in total. The molecule has 2 N–H and O–H groups in total. The van der Waals surface area contributed by atoms with E-state index in [1.54, 1.807) is 0 Å². The number of benzene rings is 1. The number of halogens is 1. The predicted molar refractivity (Wildman–Crippen MR) is 124 cm³/mol. The Morgan fingerprint density at radius 1 is 1.27 bits per heavy atom. The topological polar surface area (TPSA) is 67.8 Å². The van der Waals surface area contributed by atoms with Crippen LogP contribution in [-0.2, 0) is 14.3 Å². The van der Waals surface area contributed by atoms with Crippen molar-refractivity contribution in [3.63, 3.8) is 0 Å². The molecular formula is C24H32INO4. The first-order chi connectivity index (χ1) is 14.6. The van der Waals surface area contributed by atoms with Gasteiger partial charge in [0, 0.05) is 34.7 Å². The zero-order valence-corrected chi connectivity index (χ0v) is 19.7. The van der Waals surface area contributed by atoms with Crippen molar-refractivity contribution in [1.82, 2.24) is 5.32 Å². The molecule has 1 amide bonds. The minimum Gasteiger partial charge on any atom is -0.459 e. The Bertz CT molecular complexity index is 765. The lowest BCUT2D eigenvalue weighted by Gasteiger charge is -2.37. The van der Waals surface area contributed by atoms with Crippen LogP contribution in [0, 0.1) is 21.3 Å². The molecule has 2 bridgehead atoms. The molecule has 0 aromatic heterocycles. The number of hydrogen-bond donors (Lipinski definition) is 2. The minimum absolute atomic E-state index is 0.0135. The molecule has 30 heavy (non-hydrogen) atoms. The van der Waals surface area contributed by atoms with E-state index in [-0.39, 0.29) is 30.4 Å². The van der Waals surface area contributed by atoms with Gasteiger partial charge in [-0.15, -0.1) is 0 Å². The zero-order valence-electron chi connectivity index (χ0n) is 17.6. The number of allylic oxidation sites excluding steroid dienone is 1. The Kier molecular flexibility index (Phi) is 7.36. The van der Waals surface area contributed by atoms with Crippen LogP contribution in [0.1, 0.15) is 56.9 Å². The number of rotatable bonds is 8. The molecule has 1 aromatic rings. The van der Waals surface area contributed by atoms with Crippen LogP contribution >= 0.6 is 22.6 Å². The third-order valence-electron chi connectivity index (χ3n) is 6.94. The van der Waals surface area contributed by atoms with Gasteiger partial charge in [-0.1, -0.05) is 18.6 Å². The number of ether oxygens (including phenoxy) is 2. The Morgan fingerprint density at radius 2 is 2.07 bits per heavy atom. The highest BCUT2D eigenvalue weighted by Gasteiger charge is 2.42. The number of aliphatic hydroxyl groups is 1. The SMILES string of the molecule is CCO[C@H]1OC(C(=O)NC2CC3CCC2C3)=C[C@@H](c2ccc(I)cc2)[C@@H]1CCCO. The van der Waals surface area contributed by atoms with E-state index in [0.29, 0.717) is 24.7 Å². The lowest BCUT2D eigenvalue weighted by Crippen LogP contribution is -2.43. The summed E-state index contributed by atoms with van der Waals surface area (Å²) in [6.07, 6.45) is 7.82. The summed E-state index contributed by atoms with van der Waals surface area (Å²) in [7, 11) is 0. The monoisotopic (exact) mass is 525 g/mol. The molecule has 4 rings (SSSR count). The van der Waals surface area contributed by atoms with Crippen molar-refractivity contribution >= 4 is 28.5 Å². The minimum atomic E-state index is -0.489. The summed E-state index contributed by atoms with van der Waals surface area (Å²) < 4.78 is 13.2. The molecule has 3 unspecified atom stereocenters. The summed E-state index contributed by atoms with van der Waals surface area (Å²) in [6.45, 7) is 2.59. The fourth-order valence-electron chi connectivity index (χ4n) is 5.49. The average Bonchev–Trinajstić information content (AvgIpc) is 3.36. The Morgan fingerprint density at radius 3 is 2.70 bits per heavy atom. The van der Waals surface area contributed by atoms with Crippen molar-refractivity contribution in [3.05, 3.63) is 45.2 Å². The second kappa shape index (κ2) is 10.0. The standard InChI is InChI=1S/C24H32INO4/c1-2-29-24-19(4-3-11-27)20(16-7-9-18(25)10-8-16)14-22(30-24)23(28)26-21-13-15-5-6-17(21)12-15/h7-10,14-15,17,19-21,24,27H,2-6,11-13H2,1H3,(H,26,28)/t15?,17?,19-,20-,21?,24-/m0/s1. The first-order valence-corrected chi connectivity index (χ1v) is 12.3. The maximum absolute atomic E-state index is 13.1. The lowest BCUT2D eigenvalue weighted by molar-refractivity contribution is -0.167. The van der Waals surface area contributed by atoms with Gasteiger partial charge in [-0.05, 0) is 97.2 Å². The molecule has 164 valence electrons. The van der Waals surface area contributed by atoms with E-state index in [9.17, 15) is 9.90 Å². The third kappa shape index (κ3) is 4.86. The Hall–Kier alpha value is -1.12. The van der Waals surface area contributed by atoms with Gasteiger partial charge in [0.1, 0.15) is 0 Å². The number of aliphatic hydroxyl groups excluding tert-OH is 1. The molecule has 1 aromatic carbocycles. The van der Waals surface area contributed by atoms with E-state index in [1.165, 1.54) is 22.8 Å².